The number of phenolic OH excluding ortho intramolecular Hbond substituents is 1. The number of nitrogens with one attached hydrogen (secondary N) is 1. The third-order valence-electron chi connectivity index (χ3n) is 2.92. The zero-order chi connectivity index (χ0) is 13.2. The van der Waals surface area contributed by atoms with Gasteiger partial charge in [-0.3, -0.25) is 0 Å². The molecule has 19 heavy (non-hydrogen) atoms. The Bertz CT molecular complexity index is 721. The maximum atomic E-state index is 9.63. The van der Waals surface area contributed by atoms with Gasteiger partial charge in [-0.05, 0) is 30.3 Å². The van der Waals surface area contributed by atoms with Crippen LogP contribution in [0.25, 0.3) is 10.9 Å². The van der Waals surface area contributed by atoms with Crippen LogP contribution in [0.3, 0.4) is 0 Å². The lowest BCUT2D eigenvalue weighted by Gasteiger charge is -2.05. The van der Waals surface area contributed by atoms with Gasteiger partial charge < -0.3 is 14.8 Å². The van der Waals surface area contributed by atoms with Crippen LogP contribution in [0.15, 0.2) is 53.0 Å². The molecule has 0 saturated heterocycles. The molecular formula is C15H12BrNO2. The molecule has 0 bridgehead atoms. The van der Waals surface area contributed by atoms with E-state index in [1.54, 1.807) is 18.2 Å². The smallest absolute Gasteiger partial charge is 0.161 e. The number of benzene rings is 2. The van der Waals surface area contributed by atoms with Crippen LogP contribution in [0.1, 0.15) is 5.69 Å². The van der Waals surface area contributed by atoms with Crippen LogP contribution < -0.4 is 4.74 Å². The predicted molar refractivity (Wildman–Crippen MR) is 78.4 cm³/mol. The maximum absolute atomic E-state index is 9.63. The van der Waals surface area contributed by atoms with E-state index in [-0.39, 0.29) is 5.75 Å². The van der Waals surface area contributed by atoms with E-state index in [2.05, 4.69) is 20.9 Å². The molecule has 0 saturated carbocycles. The highest BCUT2D eigenvalue weighted by molar-refractivity contribution is 9.10. The summed E-state index contributed by atoms with van der Waals surface area (Å²) in [4.78, 5) is 3.29. The summed E-state index contributed by atoms with van der Waals surface area (Å²) in [6.07, 6.45) is 0. The van der Waals surface area contributed by atoms with Gasteiger partial charge in [0.2, 0.25) is 0 Å². The molecule has 2 N–H and O–H groups in total. The van der Waals surface area contributed by atoms with Gasteiger partial charge in [-0.1, -0.05) is 34.1 Å². The number of aromatic hydroxyl groups is 1. The average molecular weight is 318 g/mol. The molecule has 1 aromatic heterocycles. The number of phenols is 1. The highest BCUT2D eigenvalue weighted by Crippen LogP contribution is 2.27. The van der Waals surface area contributed by atoms with Crippen molar-refractivity contribution in [2.75, 3.05) is 0 Å². The Labute approximate surface area is 119 Å². The standard InChI is InChI=1S/C15H12BrNO2/c16-12-4-3-5-13-11(12)8-10(17-13)9-19-15-7-2-1-6-14(15)18/h1-8,17-18H,9H2. The molecule has 3 aromatic rings. The van der Waals surface area contributed by atoms with E-state index in [1.165, 1.54) is 0 Å². The van der Waals surface area contributed by atoms with Gasteiger partial charge in [0.25, 0.3) is 0 Å². The molecule has 0 amide bonds. The zero-order valence-corrected chi connectivity index (χ0v) is 11.6. The normalized spacial score (nSPS) is 10.8. The van der Waals surface area contributed by atoms with Crippen LogP contribution in [0.4, 0.5) is 0 Å². The van der Waals surface area contributed by atoms with E-state index in [9.17, 15) is 5.11 Å². The molecule has 0 unspecified atom stereocenters. The maximum Gasteiger partial charge on any atom is 0.161 e. The predicted octanol–water partition coefficient (Wildman–Crippen LogP) is 4.22. The largest absolute Gasteiger partial charge is 0.504 e. The second-order valence-corrected chi connectivity index (χ2v) is 5.11. The molecule has 3 nitrogen and oxygen atoms in total. The Hall–Kier alpha value is -1.94. The molecule has 0 spiro atoms. The summed E-state index contributed by atoms with van der Waals surface area (Å²) in [7, 11) is 0. The van der Waals surface area contributed by atoms with Crippen molar-refractivity contribution in [1.82, 2.24) is 4.98 Å². The fraction of sp³-hybridized carbons (Fsp3) is 0.0667. The van der Waals surface area contributed by atoms with Crippen LogP contribution in [0, 0.1) is 0 Å². The van der Waals surface area contributed by atoms with Crippen LogP contribution >= 0.6 is 15.9 Å². The molecule has 0 aliphatic rings. The van der Waals surface area contributed by atoms with Gasteiger partial charge >= 0.3 is 0 Å². The van der Waals surface area contributed by atoms with Gasteiger partial charge in [-0.25, -0.2) is 0 Å². The van der Waals surface area contributed by atoms with Crippen molar-refractivity contribution in [3.63, 3.8) is 0 Å². The van der Waals surface area contributed by atoms with E-state index in [0.717, 1.165) is 21.1 Å². The third kappa shape index (κ3) is 2.44. The summed E-state index contributed by atoms with van der Waals surface area (Å²) < 4.78 is 6.65. The molecule has 0 fully saturated rings. The molecule has 3 rings (SSSR count). The summed E-state index contributed by atoms with van der Waals surface area (Å²) in [5.41, 5.74) is 2.02. The lowest BCUT2D eigenvalue weighted by atomic mass is 10.2. The number of aromatic amines is 1. The second kappa shape index (κ2) is 4.97. The van der Waals surface area contributed by atoms with Crippen LogP contribution in [-0.4, -0.2) is 10.1 Å². The Morgan fingerprint density at radius 2 is 1.95 bits per heavy atom. The van der Waals surface area contributed by atoms with Crippen LogP contribution in [-0.2, 0) is 6.61 Å². The fourth-order valence-electron chi connectivity index (χ4n) is 1.99. The number of rotatable bonds is 3. The lowest BCUT2D eigenvalue weighted by molar-refractivity contribution is 0.286. The van der Waals surface area contributed by atoms with E-state index < -0.39 is 0 Å². The van der Waals surface area contributed by atoms with Crippen LogP contribution in [0.2, 0.25) is 0 Å². The SMILES string of the molecule is Oc1ccccc1OCc1cc2c(Br)cccc2[nH]1. The Morgan fingerprint density at radius 3 is 2.74 bits per heavy atom. The molecule has 0 atom stereocenters. The minimum atomic E-state index is 0.153. The molecule has 1 heterocycles. The first-order valence-corrected chi connectivity index (χ1v) is 6.70. The van der Waals surface area contributed by atoms with E-state index in [4.69, 9.17) is 4.74 Å². The number of hydrogen-bond donors (Lipinski definition) is 2. The quantitative estimate of drug-likeness (QED) is 0.759. The van der Waals surface area contributed by atoms with Gasteiger partial charge in [0.1, 0.15) is 6.61 Å². The average Bonchev–Trinajstić information content (AvgIpc) is 2.82. The fourth-order valence-corrected chi connectivity index (χ4v) is 2.47. The summed E-state index contributed by atoms with van der Waals surface area (Å²) in [5.74, 6) is 0.639. The van der Waals surface area contributed by atoms with Crippen molar-refractivity contribution in [2.24, 2.45) is 0 Å². The molecule has 0 aliphatic carbocycles. The van der Waals surface area contributed by atoms with Crippen molar-refractivity contribution >= 4 is 26.8 Å². The molecule has 96 valence electrons. The summed E-state index contributed by atoms with van der Waals surface area (Å²) in [6, 6.07) is 15.0. The van der Waals surface area contributed by atoms with Crippen LogP contribution in [0.5, 0.6) is 11.5 Å². The number of fused-ring (bicyclic) bond motifs is 1. The Kier molecular flexibility index (Phi) is 3.17. The number of aromatic nitrogens is 1. The highest BCUT2D eigenvalue weighted by atomic mass is 79.9. The molecule has 4 heteroatoms. The Balaban J connectivity index is 1.83. The summed E-state index contributed by atoms with van der Waals surface area (Å²) in [6.45, 7) is 0.388. The van der Waals surface area contributed by atoms with E-state index in [1.807, 2.05) is 30.3 Å². The van der Waals surface area contributed by atoms with Gasteiger partial charge in [-0.15, -0.1) is 0 Å². The van der Waals surface area contributed by atoms with Gasteiger partial charge in [0, 0.05) is 15.4 Å². The lowest BCUT2D eigenvalue weighted by Crippen LogP contribution is -1.95. The van der Waals surface area contributed by atoms with Crippen molar-refractivity contribution in [1.29, 1.82) is 0 Å². The topological polar surface area (TPSA) is 45.2 Å². The second-order valence-electron chi connectivity index (χ2n) is 4.25. The van der Waals surface area contributed by atoms with Crippen molar-refractivity contribution in [3.8, 4) is 11.5 Å². The highest BCUT2D eigenvalue weighted by Gasteiger charge is 2.05. The molecule has 2 aromatic carbocycles. The minimum absolute atomic E-state index is 0.153. The molecule has 0 radical (unpaired) electrons. The first kappa shape index (κ1) is 12.1. The molecular weight excluding hydrogens is 306 g/mol. The Morgan fingerprint density at radius 1 is 1.11 bits per heavy atom. The minimum Gasteiger partial charge on any atom is -0.504 e. The summed E-state index contributed by atoms with van der Waals surface area (Å²) in [5, 5.41) is 10.8. The number of H-pyrrole nitrogens is 1. The monoisotopic (exact) mass is 317 g/mol. The summed E-state index contributed by atoms with van der Waals surface area (Å²) >= 11 is 3.52. The zero-order valence-electron chi connectivity index (χ0n) is 10.1. The number of halogens is 1. The van der Waals surface area contributed by atoms with Crippen molar-refractivity contribution in [2.45, 2.75) is 6.61 Å². The molecule has 0 aliphatic heterocycles. The van der Waals surface area contributed by atoms with Gasteiger partial charge in [0.15, 0.2) is 11.5 Å². The van der Waals surface area contributed by atoms with E-state index >= 15 is 0 Å². The van der Waals surface area contributed by atoms with Gasteiger partial charge in [-0.2, -0.15) is 0 Å². The third-order valence-corrected chi connectivity index (χ3v) is 3.61. The number of para-hydroxylation sites is 2. The number of ether oxygens (including phenoxy) is 1. The number of hydrogen-bond acceptors (Lipinski definition) is 2. The van der Waals surface area contributed by atoms with Gasteiger partial charge in [0.05, 0.1) is 5.69 Å². The van der Waals surface area contributed by atoms with Crippen molar-refractivity contribution < 1.29 is 9.84 Å². The van der Waals surface area contributed by atoms with Crippen molar-refractivity contribution in [3.05, 3.63) is 58.7 Å². The first-order valence-electron chi connectivity index (χ1n) is 5.91. The van der Waals surface area contributed by atoms with E-state index in [0.29, 0.717) is 12.4 Å². The first-order chi connectivity index (χ1) is 9.24.